The van der Waals surface area contributed by atoms with Crippen molar-refractivity contribution in [1.29, 1.82) is 0 Å². The number of sulfonamides is 1. The molecule has 2 heterocycles. The molecule has 0 bridgehead atoms. The Morgan fingerprint density at radius 1 is 1.26 bits per heavy atom. The van der Waals surface area contributed by atoms with Crippen LogP contribution in [-0.2, 0) is 19.6 Å². The van der Waals surface area contributed by atoms with Crippen molar-refractivity contribution in [3.05, 3.63) is 54.0 Å². The molecule has 1 saturated heterocycles. The number of carbonyl (C=O) groups is 1. The minimum Gasteiger partial charge on any atom is -0.468 e. The molecule has 2 N–H and O–H groups in total. The lowest BCUT2D eigenvalue weighted by Crippen LogP contribution is -2.36. The highest BCUT2D eigenvalue weighted by Gasteiger charge is 2.26. The van der Waals surface area contributed by atoms with Gasteiger partial charge in [0.1, 0.15) is 5.76 Å². The molecule has 3 rings (SSSR count). The summed E-state index contributed by atoms with van der Waals surface area (Å²) in [7, 11) is -3.79. The molecule has 1 aliphatic rings. The molecule has 146 valence electrons. The minimum atomic E-state index is -3.79. The van der Waals surface area contributed by atoms with Gasteiger partial charge in [-0.1, -0.05) is 17.7 Å². The average Bonchev–Trinajstić information content (AvgIpc) is 3.33. The minimum absolute atomic E-state index is 0.0280. The molecule has 8 heteroatoms. The molecule has 0 spiro atoms. The van der Waals surface area contributed by atoms with Crippen LogP contribution in [0.2, 0.25) is 0 Å². The van der Waals surface area contributed by atoms with Crippen LogP contribution in [0.1, 0.15) is 36.6 Å². The summed E-state index contributed by atoms with van der Waals surface area (Å²) in [4.78, 5) is 12.5. The van der Waals surface area contributed by atoms with Crippen LogP contribution in [0.4, 0.5) is 0 Å². The number of rotatable bonds is 8. The van der Waals surface area contributed by atoms with Crippen LogP contribution >= 0.6 is 0 Å². The topological polar surface area (TPSA) is 97.6 Å². The van der Waals surface area contributed by atoms with E-state index in [0.717, 1.165) is 18.4 Å². The molecule has 0 unspecified atom stereocenters. The van der Waals surface area contributed by atoms with Crippen molar-refractivity contribution in [3.8, 4) is 0 Å². The highest BCUT2D eigenvalue weighted by atomic mass is 32.2. The van der Waals surface area contributed by atoms with Crippen LogP contribution in [-0.4, -0.2) is 33.6 Å². The van der Waals surface area contributed by atoms with E-state index in [2.05, 4.69) is 10.0 Å². The lowest BCUT2D eigenvalue weighted by molar-refractivity contribution is -0.122. The van der Waals surface area contributed by atoms with Gasteiger partial charge in [-0.2, -0.15) is 4.72 Å². The molecule has 1 aliphatic heterocycles. The summed E-state index contributed by atoms with van der Waals surface area (Å²) < 4.78 is 38.8. The number of hydrogen-bond acceptors (Lipinski definition) is 5. The molecule has 7 nitrogen and oxygen atoms in total. The lowest BCUT2D eigenvalue weighted by Gasteiger charge is -2.18. The fourth-order valence-corrected chi connectivity index (χ4v) is 4.16. The van der Waals surface area contributed by atoms with E-state index in [1.54, 1.807) is 24.3 Å². The summed E-state index contributed by atoms with van der Waals surface area (Å²) >= 11 is 0. The third kappa shape index (κ3) is 5.41. The largest absolute Gasteiger partial charge is 0.468 e. The van der Waals surface area contributed by atoms with Gasteiger partial charge in [0.05, 0.1) is 29.7 Å². The van der Waals surface area contributed by atoms with Crippen molar-refractivity contribution >= 4 is 15.9 Å². The van der Waals surface area contributed by atoms with E-state index >= 15 is 0 Å². The maximum absolute atomic E-state index is 12.7. The standard InChI is InChI=1S/C19H24N2O5S/c1-14-6-8-16(9-7-14)27(23,24)21-17(18-5-3-11-26-18)12-19(22)20-13-15-4-2-10-25-15/h3,5-9,11,15,17,21H,2,4,10,12-13H2,1H3,(H,20,22)/t15-,17+/m0/s1. The highest BCUT2D eigenvalue weighted by molar-refractivity contribution is 7.89. The Hall–Kier alpha value is -2.16. The second kappa shape index (κ2) is 8.69. The summed E-state index contributed by atoms with van der Waals surface area (Å²) in [6.07, 6.45) is 3.33. The summed E-state index contributed by atoms with van der Waals surface area (Å²) in [6.45, 7) is 3.02. The van der Waals surface area contributed by atoms with E-state index in [1.807, 2.05) is 6.92 Å². The predicted molar refractivity (Wildman–Crippen MR) is 99.6 cm³/mol. The third-order valence-electron chi connectivity index (χ3n) is 4.46. The van der Waals surface area contributed by atoms with Crippen molar-refractivity contribution in [3.63, 3.8) is 0 Å². The van der Waals surface area contributed by atoms with E-state index in [-0.39, 0.29) is 23.3 Å². The lowest BCUT2D eigenvalue weighted by atomic mass is 10.1. The van der Waals surface area contributed by atoms with E-state index in [1.165, 1.54) is 18.4 Å². The summed E-state index contributed by atoms with van der Waals surface area (Å²) in [5.41, 5.74) is 0.963. The van der Waals surface area contributed by atoms with Gasteiger partial charge >= 0.3 is 0 Å². The van der Waals surface area contributed by atoms with Crippen molar-refractivity contribution in [2.75, 3.05) is 13.2 Å². The fraction of sp³-hybridized carbons (Fsp3) is 0.421. The van der Waals surface area contributed by atoms with E-state index in [9.17, 15) is 13.2 Å². The van der Waals surface area contributed by atoms with Crippen molar-refractivity contribution < 1.29 is 22.4 Å². The number of benzene rings is 1. The van der Waals surface area contributed by atoms with Gasteiger partial charge in [0.15, 0.2) is 0 Å². The Kier molecular flexibility index (Phi) is 6.30. The van der Waals surface area contributed by atoms with E-state index in [0.29, 0.717) is 18.9 Å². The SMILES string of the molecule is Cc1ccc(S(=O)(=O)N[C@H](CC(=O)NC[C@@H]2CCCO2)c2ccco2)cc1. The maximum atomic E-state index is 12.7. The number of ether oxygens (including phenoxy) is 1. The van der Waals surface area contributed by atoms with Crippen molar-refractivity contribution in [2.24, 2.45) is 0 Å². The van der Waals surface area contributed by atoms with Gasteiger partial charge in [0.25, 0.3) is 0 Å². The number of aryl methyl sites for hydroxylation is 1. The van der Waals surface area contributed by atoms with Crippen LogP contribution in [0.5, 0.6) is 0 Å². The first-order chi connectivity index (χ1) is 12.9. The second-order valence-electron chi connectivity index (χ2n) is 6.65. The molecule has 1 aromatic heterocycles. The predicted octanol–water partition coefficient (Wildman–Crippen LogP) is 2.29. The third-order valence-corrected chi connectivity index (χ3v) is 5.94. The van der Waals surface area contributed by atoms with Gasteiger partial charge in [0, 0.05) is 13.2 Å². The van der Waals surface area contributed by atoms with Crippen molar-refractivity contribution in [2.45, 2.75) is 43.2 Å². The van der Waals surface area contributed by atoms with Crippen LogP contribution in [0, 0.1) is 6.92 Å². The first kappa shape index (κ1) is 19.6. The molecular formula is C19H24N2O5S. The molecule has 1 fully saturated rings. The Labute approximate surface area is 159 Å². The van der Waals surface area contributed by atoms with Gasteiger partial charge < -0.3 is 14.5 Å². The smallest absolute Gasteiger partial charge is 0.241 e. The second-order valence-corrected chi connectivity index (χ2v) is 8.36. The molecule has 2 aromatic rings. The molecule has 1 aromatic carbocycles. The summed E-state index contributed by atoms with van der Waals surface area (Å²) in [5.74, 6) is 0.122. The zero-order valence-corrected chi connectivity index (χ0v) is 16.0. The molecule has 0 aliphatic carbocycles. The zero-order valence-electron chi connectivity index (χ0n) is 15.2. The molecule has 27 heavy (non-hydrogen) atoms. The average molecular weight is 392 g/mol. The van der Waals surface area contributed by atoms with Gasteiger partial charge in [-0.15, -0.1) is 0 Å². The van der Waals surface area contributed by atoms with E-state index in [4.69, 9.17) is 9.15 Å². The van der Waals surface area contributed by atoms with Crippen LogP contribution in [0.3, 0.4) is 0 Å². The van der Waals surface area contributed by atoms with Crippen LogP contribution in [0.25, 0.3) is 0 Å². The Balaban J connectivity index is 1.68. The summed E-state index contributed by atoms with van der Waals surface area (Å²) in [6, 6.07) is 9.04. The number of nitrogens with one attached hydrogen (secondary N) is 2. The first-order valence-electron chi connectivity index (χ1n) is 8.95. The monoisotopic (exact) mass is 392 g/mol. The molecule has 0 saturated carbocycles. The zero-order chi connectivity index (χ0) is 19.3. The van der Waals surface area contributed by atoms with Gasteiger partial charge in [0.2, 0.25) is 15.9 Å². The molecule has 2 atom stereocenters. The molecule has 0 radical (unpaired) electrons. The number of furan rings is 1. The molecule has 1 amide bonds. The van der Waals surface area contributed by atoms with Crippen LogP contribution < -0.4 is 10.0 Å². The van der Waals surface area contributed by atoms with Crippen LogP contribution in [0.15, 0.2) is 52.0 Å². The number of hydrogen-bond donors (Lipinski definition) is 2. The normalized spacial score (nSPS) is 18.3. The molecular weight excluding hydrogens is 368 g/mol. The quantitative estimate of drug-likeness (QED) is 0.718. The van der Waals surface area contributed by atoms with E-state index < -0.39 is 16.1 Å². The Bertz CT molecular complexity index is 841. The maximum Gasteiger partial charge on any atom is 0.241 e. The van der Waals surface area contributed by atoms with Gasteiger partial charge in [-0.25, -0.2) is 8.42 Å². The Morgan fingerprint density at radius 2 is 2.04 bits per heavy atom. The number of carbonyl (C=O) groups excluding carboxylic acids is 1. The summed E-state index contributed by atoms with van der Waals surface area (Å²) in [5, 5.41) is 2.81. The first-order valence-corrected chi connectivity index (χ1v) is 10.4. The van der Waals surface area contributed by atoms with Gasteiger partial charge in [-0.3, -0.25) is 4.79 Å². The van der Waals surface area contributed by atoms with Crippen molar-refractivity contribution in [1.82, 2.24) is 10.0 Å². The Morgan fingerprint density at radius 3 is 2.67 bits per heavy atom. The highest BCUT2D eigenvalue weighted by Crippen LogP contribution is 2.21. The number of amides is 1. The fourth-order valence-electron chi connectivity index (χ4n) is 2.95. The van der Waals surface area contributed by atoms with Gasteiger partial charge in [-0.05, 0) is 44.0 Å².